The lowest BCUT2D eigenvalue weighted by Gasteiger charge is -2.19. The molecule has 1 aliphatic rings. The summed E-state index contributed by atoms with van der Waals surface area (Å²) in [6.07, 6.45) is 0.366. The second-order valence-corrected chi connectivity index (χ2v) is 5.02. The van der Waals surface area contributed by atoms with Crippen LogP contribution >= 0.6 is 11.8 Å². The Morgan fingerprint density at radius 3 is 2.42 bits per heavy atom. The molecule has 1 fully saturated rings. The summed E-state index contributed by atoms with van der Waals surface area (Å²) >= 11 is 1.98. The number of methoxy groups -OCH3 is 2. The highest BCUT2D eigenvalue weighted by Crippen LogP contribution is 2.39. The van der Waals surface area contributed by atoms with E-state index in [-0.39, 0.29) is 0 Å². The number of hydrogen-bond donors (Lipinski definition) is 0. The molecule has 2 nitrogen and oxygen atoms in total. The molecule has 1 aliphatic heterocycles. The molecule has 12 heavy (non-hydrogen) atoms. The van der Waals surface area contributed by atoms with Gasteiger partial charge in [-0.3, -0.25) is 0 Å². The van der Waals surface area contributed by atoms with Crippen molar-refractivity contribution < 1.29 is 9.47 Å². The van der Waals surface area contributed by atoms with Gasteiger partial charge in [0.15, 0.2) is 0 Å². The van der Waals surface area contributed by atoms with E-state index >= 15 is 0 Å². The Hall–Kier alpha value is 0.270. The zero-order chi connectivity index (χ0) is 9.14. The summed E-state index contributed by atoms with van der Waals surface area (Å²) in [6, 6.07) is 0. The predicted molar refractivity (Wildman–Crippen MR) is 52.7 cm³/mol. The second kappa shape index (κ2) is 4.49. The van der Waals surface area contributed by atoms with Crippen molar-refractivity contribution in [2.75, 3.05) is 20.8 Å². The van der Waals surface area contributed by atoms with Gasteiger partial charge < -0.3 is 9.47 Å². The quantitative estimate of drug-likeness (QED) is 0.676. The maximum atomic E-state index is 5.46. The van der Waals surface area contributed by atoms with Crippen LogP contribution in [0.1, 0.15) is 13.8 Å². The van der Waals surface area contributed by atoms with Crippen molar-refractivity contribution in [3.05, 3.63) is 0 Å². The zero-order valence-electron chi connectivity index (χ0n) is 8.24. The molecule has 0 aromatic carbocycles. The number of ether oxygens (including phenoxy) is 2. The van der Waals surface area contributed by atoms with Crippen molar-refractivity contribution in [2.45, 2.75) is 30.5 Å². The Labute approximate surface area is 79.0 Å². The summed E-state index contributed by atoms with van der Waals surface area (Å²) in [5, 5.41) is 1.21. The first-order valence-electron chi connectivity index (χ1n) is 4.38. The average molecular weight is 190 g/mol. The van der Waals surface area contributed by atoms with Gasteiger partial charge in [0.2, 0.25) is 0 Å². The van der Waals surface area contributed by atoms with Gasteiger partial charge in [-0.1, -0.05) is 13.8 Å². The van der Waals surface area contributed by atoms with E-state index in [1.807, 2.05) is 11.8 Å². The van der Waals surface area contributed by atoms with Crippen molar-refractivity contribution in [1.29, 1.82) is 0 Å². The minimum Gasteiger partial charge on any atom is -0.383 e. The topological polar surface area (TPSA) is 18.5 Å². The minimum absolute atomic E-state index is 0.366. The van der Waals surface area contributed by atoms with E-state index in [0.29, 0.717) is 22.5 Å². The maximum absolute atomic E-state index is 5.46. The van der Waals surface area contributed by atoms with Gasteiger partial charge in [-0.15, -0.1) is 11.8 Å². The number of hydrogen-bond acceptors (Lipinski definition) is 3. The zero-order valence-corrected chi connectivity index (χ0v) is 9.06. The highest BCUT2D eigenvalue weighted by atomic mass is 32.2. The van der Waals surface area contributed by atoms with E-state index in [4.69, 9.17) is 9.47 Å². The molecule has 0 saturated carbocycles. The largest absolute Gasteiger partial charge is 0.383 e. The molecule has 4 atom stereocenters. The lowest BCUT2D eigenvalue weighted by Crippen LogP contribution is -2.29. The van der Waals surface area contributed by atoms with E-state index in [2.05, 4.69) is 13.8 Å². The van der Waals surface area contributed by atoms with Gasteiger partial charge in [0.1, 0.15) is 0 Å². The molecule has 0 aliphatic carbocycles. The molecule has 0 unspecified atom stereocenters. The maximum Gasteiger partial charge on any atom is 0.0748 e. The van der Waals surface area contributed by atoms with Crippen LogP contribution in [0.2, 0.25) is 0 Å². The first-order chi connectivity index (χ1) is 5.70. The van der Waals surface area contributed by atoms with E-state index < -0.39 is 0 Å². The fraction of sp³-hybridized carbons (Fsp3) is 1.00. The van der Waals surface area contributed by atoms with Gasteiger partial charge in [0, 0.05) is 19.5 Å². The molecule has 1 rings (SSSR count). The smallest absolute Gasteiger partial charge is 0.0748 e. The van der Waals surface area contributed by atoms with Crippen LogP contribution in [0.5, 0.6) is 0 Å². The summed E-state index contributed by atoms with van der Waals surface area (Å²) in [6.45, 7) is 5.32. The summed E-state index contributed by atoms with van der Waals surface area (Å²) in [5.41, 5.74) is 0. The standard InChI is InChI=1S/C9H18O2S/c1-6-7(2)12-8(5-10-3)9(6)11-4/h6-9H,5H2,1-4H3/t6-,7-,8+,9-/m0/s1. The Balaban J connectivity index is 2.52. The van der Waals surface area contributed by atoms with Crippen LogP contribution in [-0.4, -0.2) is 37.4 Å². The van der Waals surface area contributed by atoms with Crippen LogP contribution in [0, 0.1) is 5.92 Å². The molecule has 3 heteroatoms. The van der Waals surface area contributed by atoms with E-state index in [0.717, 1.165) is 6.61 Å². The third-order valence-corrected chi connectivity index (χ3v) is 4.23. The van der Waals surface area contributed by atoms with Crippen LogP contribution in [0.25, 0.3) is 0 Å². The third kappa shape index (κ3) is 1.95. The van der Waals surface area contributed by atoms with Gasteiger partial charge in [0.25, 0.3) is 0 Å². The second-order valence-electron chi connectivity index (χ2n) is 3.39. The molecule has 0 aromatic heterocycles. The molecule has 0 N–H and O–H groups in total. The lowest BCUT2D eigenvalue weighted by molar-refractivity contribution is 0.0460. The molecule has 0 aromatic rings. The van der Waals surface area contributed by atoms with E-state index in [1.165, 1.54) is 0 Å². The van der Waals surface area contributed by atoms with Gasteiger partial charge in [-0.2, -0.15) is 0 Å². The van der Waals surface area contributed by atoms with Crippen LogP contribution in [0.4, 0.5) is 0 Å². The summed E-state index contributed by atoms with van der Waals surface area (Å²) in [4.78, 5) is 0. The first kappa shape index (κ1) is 10.4. The summed E-state index contributed by atoms with van der Waals surface area (Å²) < 4.78 is 10.6. The highest BCUT2D eigenvalue weighted by Gasteiger charge is 2.39. The monoisotopic (exact) mass is 190 g/mol. The fourth-order valence-corrected chi connectivity index (χ4v) is 3.43. The molecule has 0 amide bonds. The average Bonchev–Trinajstić information content (AvgIpc) is 2.29. The van der Waals surface area contributed by atoms with Crippen molar-refractivity contribution in [3.8, 4) is 0 Å². The number of rotatable bonds is 3. The van der Waals surface area contributed by atoms with Crippen LogP contribution in [0.3, 0.4) is 0 Å². The van der Waals surface area contributed by atoms with Crippen molar-refractivity contribution in [3.63, 3.8) is 0 Å². The highest BCUT2D eigenvalue weighted by molar-refractivity contribution is 8.00. The summed E-state index contributed by atoms with van der Waals surface area (Å²) in [5.74, 6) is 0.639. The van der Waals surface area contributed by atoms with Crippen LogP contribution < -0.4 is 0 Å². The fourth-order valence-electron chi connectivity index (χ4n) is 1.75. The van der Waals surface area contributed by atoms with Gasteiger partial charge in [-0.25, -0.2) is 0 Å². The first-order valence-corrected chi connectivity index (χ1v) is 5.32. The molecule has 0 bridgehead atoms. The molecule has 0 radical (unpaired) electrons. The molecule has 1 saturated heterocycles. The SMILES string of the molecule is COC[C@H]1S[C@@H](C)[C@H](C)[C@@H]1OC. The Morgan fingerprint density at radius 2 is 1.92 bits per heavy atom. The van der Waals surface area contributed by atoms with Gasteiger partial charge in [-0.05, 0) is 5.92 Å². The van der Waals surface area contributed by atoms with Crippen LogP contribution in [-0.2, 0) is 9.47 Å². The third-order valence-electron chi connectivity index (χ3n) is 2.62. The molecule has 72 valence electrons. The van der Waals surface area contributed by atoms with E-state index in [9.17, 15) is 0 Å². The van der Waals surface area contributed by atoms with Gasteiger partial charge >= 0.3 is 0 Å². The Bertz CT molecular complexity index is 140. The van der Waals surface area contributed by atoms with Crippen LogP contribution in [0.15, 0.2) is 0 Å². The van der Waals surface area contributed by atoms with Crippen molar-refractivity contribution in [1.82, 2.24) is 0 Å². The number of thioether (sulfide) groups is 1. The molecule has 0 spiro atoms. The molecular weight excluding hydrogens is 172 g/mol. The van der Waals surface area contributed by atoms with Crippen molar-refractivity contribution >= 4 is 11.8 Å². The Kier molecular flexibility index (Phi) is 3.87. The normalized spacial score (nSPS) is 42.0. The minimum atomic E-state index is 0.366. The Morgan fingerprint density at radius 1 is 1.25 bits per heavy atom. The van der Waals surface area contributed by atoms with Gasteiger partial charge in [0.05, 0.1) is 18.0 Å². The predicted octanol–water partition coefficient (Wildman–Crippen LogP) is 1.79. The lowest BCUT2D eigenvalue weighted by atomic mass is 9.99. The molecule has 1 heterocycles. The summed E-state index contributed by atoms with van der Waals surface area (Å²) in [7, 11) is 3.54. The van der Waals surface area contributed by atoms with Crippen molar-refractivity contribution in [2.24, 2.45) is 5.92 Å². The molecular formula is C9H18O2S. The van der Waals surface area contributed by atoms with E-state index in [1.54, 1.807) is 14.2 Å².